The molecule has 1 aromatic carbocycles. The van der Waals surface area contributed by atoms with Gasteiger partial charge in [0.1, 0.15) is 5.75 Å². The molecule has 0 radical (unpaired) electrons. The minimum Gasteiger partial charge on any atom is -0.490 e. The molecular weight excluding hydrogens is 212 g/mol. The number of hydrogen-bond acceptors (Lipinski definition) is 3. The topological polar surface area (TPSA) is 24.5 Å². The molecule has 0 heterocycles. The van der Waals surface area contributed by atoms with Crippen molar-refractivity contribution < 1.29 is 4.74 Å². The van der Waals surface area contributed by atoms with Gasteiger partial charge in [0.2, 0.25) is 0 Å². The molecule has 0 aromatic heterocycles. The molecule has 1 saturated carbocycles. The van der Waals surface area contributed by atoms with Gasteiger partial charge in [-0.25, -0.2) is 0 Å². The molecule has 0 spiro atoms. The standard InChI is InChI=1S/C14H22N2O/c1-15-14(10-16(2)3)11-5-4-6-13(9-11)17-12-7-8-12/h4-6,9,12,14-15H,7-8,10H2,1-3H3. The van der Waals surface area contributed by atoms with E-state index in [0.717, 1.165) is 12.3 Å². The summed E-state index contributed by atoms with van der Waals surface area (Å²) >= 11 is 0. The predicted molar refractivity (Wildman–Crippen MR) is 70.4 cm³/mol. The fourth-order valence-corrected chi connectivity index (χ4v) is 1.91. The zero-order valence-corrected chi connectivity index (χ0v) is 10.9. The maximum atomic E-state index is 5.82. The number of nitrogens with zero attached hydrogens (tertiary/aromatic N) is 1. The third-order valence-corrected chi connectivity index (χ3v) is 2.98. The monoisotopic (exact) mass is 234 g/mol. The van der Waals surface area contributed by atoms with E-state index in [4.69, 9.17) is 4.74 Å². The summed E-state index contributed by atoms with van der Waals surface area (Å²) < 4.78 is 5.82. The number of likely N-dealkylation sites (N-methyl/N-ethyl adjacent to an activating group) is 2. The Hall–Kier alpha value is -1.06. The van der Waals surface area contributed by atoms with Crippen LogP contribution in [-0.2, 0) is 0 Å². The Morgan fingerprint density at radius 2 is 2.18 bits per heavy atom. The van der Waals surface area contributed by atoms with Crippen molar-refractivity contribution in [2.24, 2.45) is 0 Å². The van der Waals surface area contributed by atoms with E-state index >= 15 is 0 Å². The highest BCUT2D eigenvalue weighted by molar-refractivity contribution is 5.31. The van der Waals surface area contributed by atoms with E-state index in [1.54, 1.807) is 0 Å². The maximum absolute atomic E-state index is 5.82. The third-order valence-electron chi connectivity index (χ3n) is 2.98. The van der Waals surface area contributed by atoms with Crippen molar-refractivity contribution in [1.82, 2.24) is 10.2 Å². The summed E-state index contributed by atoms with van der Waals surface area (Å²) in [7, 11) is 6.19. The molecule has 0 bridgehead atoms. The van der Waals surface area contributed by atoms with Gasteiger partial charge in [-0.15, -0.1) is 0 Å². The summed E-state index contributed by atoms with van der Waals surface area (Å²) in [5.74, 6) is 1.00. The molecule has 0 aliphatic heterocycles. The third kappa shape index (κ3) is 3.72. The van der Waals surface area contributed by atoms with Gasteiger partial charge in [-0.2, -0.15) is 0 Å². The van der Waals surface area contributed by atoms with Gasteiger partial charge in [0, 0.05) is 12.6 Å². The van der Waals surface area contributed by atoms with E-state index in [0.29, 0.717) is 12.1 Å². The van der Waals surface area contributed by atoms with Gasteiger partial charge in [0.05, 0.1) is 6.10 Å². The van der Waals surface area contributed by atoms with Gasteiger partial charge >= 0.3 is 0 Å². The van der Waals surface area contributed by atoms with Crippen LogP contribution in [0.1, 0.15) is 24.4 Å². The zero-order chi connectivity index (χ0) is 12.3. The molecule has 0 saturated heterocycles. The number of rotatable bonds is 6. The fraction of sp³-hybridized carbons (Fsp3) is 0.571. The number of ether oxygens (including phenoxy) is 1. The van der Waals surface area contributed by atoms with Gasteiger partial charge in [0.15, 0.2) is 0 Å². The second-order valence-electron chi connectivity index (χ2n) is 4.99. The lowest BCUT2D eigenvalue weighted by molar-refractivity contribution is 0.301. The van der Waals surface area contributed by atoms with E-state index in [1.165, 1.54) is 18.4 Å². The largest absolute Gasteiger partial charge is 0.490 e. The zero-order valence-electron chi connectivity index (χ0n) is 10.9. The fourth-order valence-electron chi connectivity index (χ4n) is 1.91. The normalized spacial score (nSPS) is 17.2. The summed E-state index contributed by atoms with van der Waals surface area (Å²) in [6.07, 6.45) is 2.88. The highest BCUT2D eigenvalue weighted by Gasteiger charge is 2.23. The van der Waals surface area contributed by atoms with Crippen LogP contribution in [-0.4, -0.2) is 38.7 Å². The Bertz CT molecular complexity index is 361. The van der Waals surface area contributed by atoms with Crippen LogP contribution < -0.4 is 10.1 Å². The van der Waals surface area contributed by atoms with Crippen LogP contribution in [0.3, 0.4) is 0 Å². The second-order valence-corrected chi connectivity index (χ2v) is 4.99. The van der Waals surface area contributed by atoms with Crippen molar-refractivity contribution in [3.05, 3.63) is 29.8 Å². The predicted octanol–water partition coefficient (Wildman–Crippen LogP) is 2.05. The van der Waals surface area contributed by atoms with Crippen LogP contribution in [0.4, 0.5) is 0 Å². The first-order valence-corrected chi connectivity index (χ1v) is 6.27. The number of hydrogen-bond donors (Lipinski definition) is 1. The Morgan fingerprint density at radius 3 is 2.76 bits per heavy atom. The molecular formula is C14H22N2O. The molecule has 1 N–H and O–H groups in total. The number of nitrogens with one attached hydrogen (secondary N) is 1. The van der Waals surface area contributed by atoms with Crippen LogP contribution in [0, 0.1) is 0 Å². The molecule has 1 aliphatic rings. The minimum absolute atomic E-state index is 0.354. The highest BCUT2D eigenvalue weighted by atomic mass is 16.5. The molecule has 3 heteroatoms. The van der Waals surface area contributed by atoms with Gasteiger partial charge in [-0.1, -0.05) is 12.1 Å². The maximum Gasteiger partial charge on any atom is 0.120 e. The van der Waals surface area contributed by atoms with Crippen LogP contribution in [0.25, 0.3) is 0 Å². The van der Waals surface area contributed by atoms with Gasteiger partial charge in [0.25, 0.3) is 0 Å². The Labute approximate surface area is 104 Å². The molecule has 3 nitrogen and oxygen atoms in total. The van der Waals surface area contributed by atoms with Crippen LogP contribution >= 0.6 is 0 Å². The van der Waals surface area contributed by atoms with Crippen molar-refractivity contribution in [2.45, 2.75) is 25.0 Å². The van der Waals surface area contributed by atoms with Gasteiger partial charge in [-0.3, -0.25) is 0 Å². The molecule has 1 aliphatic carbocycles. The van der Waals surface area contributed by atoms with Crippen LogP contribution in [0.2, 0.25) is 0 Å². The summed E-state index contributed by atoms with van der Waals surface area (Å²) in [6, 6.07) is 8.79. The van der Waals surface area contributed by atoms with E-state index in [9.17, 15) is 0 Å². The second kappa shape index (κ2) is 5.52. The minimum atomic E-state index is 0.354. The summed E-state index contributed by atoms with van der Waals surface area (Å²) in [6.45, 7) is 0.989. The molecule has 1 atom stereocenters. The van der Waals surface area contributed by atoms with E-state index in [1.807, 2.05) is 13.1 Å². The van der Waals surface area contributed by atoms with Crippen molar-refractivity contribution in [2.75, 3.05) is 27.7 Å². The lowest BCUT2D eigenvalue weighted by Crippen LogP contribution is -2.28. The Balaban J connectivity index is 2.06. The molecule has 1 unspecified atom stereocenters. The molecule has 1 aromatic rings. The SMILES string of the molecule is CNC(CN(C)C)c1cccc(OC2CC2)c1. The van der Waals surface area contributed by atoms with Gasteiger partial charge in [-0.05, 0) is 51.7 Å². The average Bonchev–Trinajstić information content (AvgIpc) is 3.10. The molecule has 94 valence electrons. The van der Waals surface area contributed by atoms with E-state index in [-0.39, 0.29) is 0 Å². The summed E-state index contributed by atoms with van der Waals surface area (Å²) in [5, 5.41) is 3.35. The Morgan fingerprint density at radius 1 is 1.41 bits per heavy atom. The summed E-state index contributed by atoms with van der Waals surface area (Å²) in [5.41, 5.74) is 1.29. The van der Waals surface area contributed by atoms with Crippen LogP contribution in [0.15, 0.2) is 24.3 Å². The lowest BCUT2D eigenvalue weighted by Gasteiger charge is -2.21. The number of benzene rings is 1. The first-order valence-electron chi connectivity index (χ1n) is 6.27. The quantitative estimate of drug-likeness (QED) is 0.815. The van der Waals surface area contributed by atoms with Gasteiger partial charge < -0.3 is 15.0 Å². The molecule has 17 heavy (non-hydrogen) atoms. The smallest absolute Gasteiger partial charge is 0.120 e. The van der Waals surface area contributed by atoms with Crippen molar-refractivity contribution in [3.8, 4) is 5.75 Å². The van der Waals surface area contributed by atoms with E-state index in [2.05, 4.69) is 42.5 Å². The van der Waals surface area contributed by atoms with Crippen molar-refractivity contribution in [1.29, 1.82) is 0 Å². The first kappa shape index (κ1) is 12.4. The Kier molecular flexibility index (Phi) is 4.02. The van der Waals surface area contributed by atoms with Crippen molar-refractivity contribution in [3.63, 3.8) is 0 Å². The summed E-state index contributed by atoms with van der Waals surface area (Å²) in [4.78, 5) is 2.19. The molecule has 1 fully saturated rings. The average molecular weight is 234 g/mol. The molecule has 0 amide bonds. The molecule has 2 rings (SSSR count). The highest BCUT2D eigenvalue weighted by Crippen LogP contribution is 2.28. The first-order chi connectivity index (χ1) is 8.19. The van der Waals surface area contributed by atoms with Crippen LogP contribution in [0.5, 0.6) is 5.75 Å². The lowest BCUT2D eigenvalue weighted by atomic mass is 10.1. The van der Waals surface area contributed by atoms with E-state index < -0.39 is 0 Å². The van der Waals surface area contributed by atoms with Crippen molar-refractivity contribution >= 4 is 0 Å².